The van der Waals surface area contributed by atoms with Crippen molar-refractivity contribution in [2.75, 3.05) is 6.61 Å². The van der Waals surface area contributed by atoms with E-state index in [1.54, 1.807) is 6.07 Å². The minimum atomic E-state index is -0.184. The smallest absolute Gasteiger partial charge is 0.279 e. The Balaban J connectivity index is 1.66. The molecule has 2 heterocycles. The number of para-hydroxylation sites is 2. The second-order valence-electron chi connectivity index (χ2n) is 3.87. The lowest BCUT2D eigenvalue weighted by atomic mass is 10.3. The molecule has 0 atom stereocenters. The Labute approximate surface area is 113 Å². The molecular weight excluding hydrogens is 262 g/mol. The van der Waals surface area contributed by atoms with E-state index in [0.717, 1.165) is 11.4 Å². The topological polar surface area (TPSA) is 62.7 Å². The van der Waals surface area contributed by atoms with E-state index in [1.165, 1.54) is 11.3 Å². The van der Waals surface area contributed by atoms with Gasteiger partial charge in [0.25, 0.3) is 5.91 Å². The summed E-state index contributed by atoms with van der Waals surface area (Å²) in [5.74, 6) is 1.14. The zero-order chi connectivity index (χ0) is 13.1. The van der Waals surface area contributed by atoms with Crippen LogP contribution in [-0.4, -0.2) is 18.3 Å². The number of nitrogens with zero attached hydrogens (tertiary/aromatic N) is 1. The van der Waals surface area contributed by atoms with Gasteiger partial charge in [-0.15, -0.1) is 11.3 Å². The van der Waals surface area contributed by atoms with Crippen molar-refractivity contribution in [1.82, 2.24) is 10.9 Å². The highest BCUT2D eigenvalue weighted by Gasteiger charge is 2.13. The first-order valence-corrected chi connectivity index (χ1v) is 6.60. The molecule has 1 aromatic carbocycles. The maximum Gasteiger partial charge on any atom is 0.279 e. The molecular formula is C13H11N3O2S. The van der Waals surface area contributed by atoms with Gasteiger partial charge in [0.1, 0.15) is 18.0 Å². The number of ether oxygens (including phenoxy) is 1. The predicted octanol–water partition coefficient (Wildman–Crippen LogP) is 2.11. The number of hydrazine groups is 1. The summed E-state index contributed by atoms with van der Waals surface area (Å²) in [7, 11) is 0. The third kappa shape index (κ3) is 2.58. The minimum absolute atomic E-state index is 0.184. The van der Waals surface area contributed by atoms with Crippen LogP contribution in [0.5, 0.6) is 5.75 Å². The van der Waals surface area contributed by atoms with E-state index in [2.05, 4.69) is 15.8 Å². The van der Waals surface area contributed by atoms with Crippen LogP contribution in [0.15, 0.2) is 46.8 Å². The van der Waals surface area contributed by atoms with Crippen LogP contribution < -0.4 is 15.6 Å². The lowest BCUT2D eigenvalue weighted by Gasteiger charge is -2.17. The molecule has 0 bridgehead atoms. The zero-order valence-corrected chi connectivity index (χ0v) is 10.7. The first-order chi connectivity index (χ1) is 9.33. The Morgan fingerprint density at radius 2 is 2.16 bits per heavy atom. The number of hydrogen-bond acceptors (Lipinski definition) is 5. The second kappa shape index (κ2) is 5.11. The normalized spacial score (nSPS) is 12.9. The maximum atomic E-state index is 11.7. The highest BCUT2D eigenvalue weighted by Crippen LogP contribution is 2.29. The number of carbonyl (C=O) groups excluding carboxylic acids is 1. The van der Waals surface area contributed by atoms with E-state index in [1.807, 2.05) is 35.7 Å². The molecule has 0 aliphatic carbocycles. The Kier molecular flexibility index (Phi) is 3.16. The van der Waals surface area contributed by atoms with Gasteiger partial charge in [-0.05, 0) is 23.6 Å². The van der Waals surface area contributed by atoms with Gasteiger partial charge in [-0.1, -0.05) is 18.2 Å². The predicted molar refractivity (Wildman–Crippen MR) is 74.0 cm³/mol. The fourth-order valence-corrected chi connectivity index (χ4v) is 2.28. The van der Waals surface area contributed by atoms with E-state index in [9.17, 15) is 4.79 Å². The first-order valence-electron chi connectivity index (χ1n) is 5.72. The van der Waals surface area contributed by atoms with Crippen molar-refractivity contribution in [3.8, 4) is 5.75 Å². The standard InChI is InChI=1S/C13H11N3O2S/c17-13(11-6-3-7-19-11)16-15-12-8-18-10-5-2-1-4-9(10)14-12/h1-7H,8H2,(H,14,15)(H,16,17). The van der Waals surface area contributed by atoms with Crippen LogP contribution in [0.25, 0.3) is 0 Å². The number of carbonyl (C=O) groups is 1. The lowest BCUT2D eigenvalue weighted by Crippen LogP contribution is -2.44. The molecule has 96 valence electrons. The number of fused-ring (bicyclic) bond motifs is 1. The lowest BCUT2D eigenvalue weighted by molar-refractivity contribution is 0.0947. The van der Waals surface area contributed by atoms with E-state index in [0.29, 0.717) is 17.3 Å². The summed E-state index contributed by atoms with van der Waals surface area (Å²) in [6.45, 7) is 0.307. The Hall–Kier alpha value is -2.34. The number of rotatable bonds is 1. The first kappa shape index (κ1) is 11.7. The molecule has 19 heavy (non-hydrogen) atoms. The number of thiophene rings is 1. The largest absolute Gasteiger partial charge is 0.483 e. The van der Waals surface area contributed by atoms with Crippen molar-refractivity contribution in [3.63, 3.8) is 0 Å². The van der Waals surface area contributed by atoms with Crippen molar-refractivity contribution in [2.24, 2.45) is 4.99 Å². The third-order valence-corrected chi connectivity index (χ3v) is 3.42. The SMILES string of the molecule is O=C(NNC1=Nc2ccccc2OC1)c1cccs1. The number of hydrogen-bond donors (Lipinski definition) is 2. The molecule has 0 saturated heterocycles. The Bertz CT molecular complexity index is 623. The summed E-state index contributed by atoms with van der Waals surface area (Å²) in [4.78, 5) is 16.7. The zero-order valence-electron chi connectivity index (χ0n) is 9.92. The summed E-state index contributed by atoms with van der Waals surface area (Å²) in [6, 6.07) is 11.1. The maximum absolute atomic E-state index is 11.7. The number of aliphatic imine (C=N–C) groups is 1. The van der Waals surface area contributed by atoms with Crippen LogP contribution in [0.1, 0.15) is 9.67 Å². The van der Waals surface area contributed by atoms with Gasteiger partial charge < -0.3 is 4.74 Å². The highest BCUT2D eigenvalue weighted by molar-refractivity contribution is 7.12. The van der Waals surface area contributed by atoms with Crippen molar-refractivity contribution < 1.29 is 9.53 Å². The molecule has 0 unspecified atom stereocenters. The molecule has 6 heteroatoms. The van der Waals surface area contributed by atoms with Gasteiger partial charge in [-0.2, -0.15) is 0 Å². The quantitative estimate of drug-likeness (QED) is 0.782. The van der Waals surface area contributed by atoms with E-state index >= 15 is 0 Å². The number of nitrogens with one attached hydrogen (secondary N) is 2. The summed E-state index contributed by atoms with van der Waals surface area (Å²) in [5, 5.41) is 1.85. The molecule has 0 fully saturated rings. The van der Waals surface area contributed by atoms with Gasteiger partial charge in [-0.25, -0.2) is 4.99 Å². The molecule has 0 radical (unpaired) electrons. The van der Waals surface area contributed by atoms with Gasteiger partial charge in [0.05, 0.1) is 4.88 Å². The Morgan fingerprint density at radius 1 is 1.26 bits per heavy atom. The fourth-order valence-electron chi connectivity index (χ4n) is 1.66. The third-order valence-electron chi connectivity index (χ3n) is 2.55. The van der Waals surface area contributed by atoms with Crippen molar-refractivity contribution >= 4 is 28.8 Å². The molecule has 5 nitrogen and oxygen atoms in total. The van der Waals surface area contributed by atoms with Crippen LogP contribution in [0, 0.1) is 0 Å². The number of benzene rings is 1. The molecule has 1 aliphatic rings. The van der Waals surface area contributed by atoms with Crippen molar-refractivity contribution in [2.45, 2.75) is 0 Å². The van der Waals surface area contributed by atoms with Gasteiger partial charge in [0.15, 0.2) is 5.84 Å². The average Bonchev–Trinajstić information content (AvgIpc) is 2.99. The molecule has 0 spiro atoms. The molecule has 2 aromatic rings. The van der Waals surface area contributed by atoms with Crippen molar-refractivity contribution in [3.05, 3.63) is 46.7 Å². The van der Waals surface area contributed by atoms with Crippen molar-refractivity contribution in [1.29, 1.82) is 0 Å². The molecule has 3 rings (SSSR count). The monoisotopic (exact) mass is 273 g/mol. The Morgan fingerprint density at radius 3 is 3.00 bits per heavy atom. The minimum Gasteiger partial charge on any atom is -0.483 e. The molecule has 0 saturated carbocycles. The summed E-state index contributed by atoms with van der Waals surface area (Å²) in [5.41, 5.74) is 6.13. The van der Waals surface area contributed by atoms with E-state index in [-0.39, 0.29) is 5.91 Å². The van der Waals surface area contributed by atoms with Gasteiger partial charge in [-0.3, -0.25) is 15.6 Å². The number of amides is 1. The second-order valence-corrected chi connectivity index (χ2v) is 4.82. The highest BCUT2D eigenvalue weighted by atomic mass is 32.1. The molecule has 1 amide bonds. The van der Waals surface area contributed by atoms with Crippen LogP contribution in [0.2, 0.25) is 0 Å². The van der Waals surface area contributed by atoms with Gasteiger partial charge in [0.2, 0.25) is 0 Å². The van der Waals surface area contributed by atoms with Crippen LogP contribution >= 0.6 is 11.3 Å². The average molecular weight is 273 g/mol. The van der Waals surface area contributed by atoms with E-state index < -0.39 is 0 Å². The molecule has 1 aliphatic heterocycles. The van der Waals surface area contributed by atoms with Gasteiger partial charge >= 0.3 is 0 Å². The molecule has 1 aromatic heterocycles. The van der Waals surface area contributed by atoms with Crippen LogP contribution in [0.3, 0.4) is 0 Å². The fraction of sp³-hybridized carbons (Fsp3) is 0.0769. The van der Waals surface area contributed by atoms with Crippen LogP contribution in [-0.2, 0) is 0 Å². The summed E-state index contributed by atoms with van der Waals surface area (Å²) >= 11 is 1.38. The number of amidine groups is 1. The summed E-state index contributed by atoms with van der Waals surface area (Å²) in [6.07, 6.45) is 0. The van der Waals surface area contributed by atoms with E-state index in [4.69, 9.17) is 4.74 Å². The van der Waals surface area contributed by atoms with Crippen LogP contribution in [0.4, 0.5) is 5.69 Å². The molecule has 2 N–H and O–H groups in total. The van der Waals surface area contributed by atoms with Gasteiger partial charge in [0, 0.05) is 0 Å². The summed E-state index contributed by atoms with van der Waals surface area (Å²) < 4.78 is 5.52.